The first-order valence-corrected chi connectivity index (χ1v) is 15.0. The Morgan fingerprint density at radius 3 is 1.80 bits per heavy atom. The van der Waals surface area contributed by atoms with Crippen LogP contribution in [0.15, 0.2) is 95.5 Å². The minimum absolute atomic E-state index is 0.128. The molecule has 0 atom stereocenters. The molecule has 4 nitrogen and oxygen atoms in total. The van der Waals surface area contributed by atoms with Crippen molar-refractivity contribution in [3.63, 3.8) is 0 Å². The third-order valence-corrected chi connectivity index (χ3v) is 9.25. The van der Waals surface area contributed by atoms with Crippen LogP contribution in [0.2, 0.25) is 0 Å². The van der Waals surface area contributed by atoms with Gasteiger partial charge in [-0.2, -0.15) is 0 Å². The fraction of sp³-hybridized carbons (Fsp3) is 0.222. The number of H-pyrrole nitrogens is 2. The first-order valence-electron chi connectivity index (χ1n) is 14.2. The summed E-state index contributed by atoms with van der Waals surface area (Å²) < 4.78 is 0.999. The van der Waals surface area contributed by atoms with Crippen LogP contribution in [0.4, 0.5) is 0 Å². The number of nitrogens with one attached hydrogen (secondary N) is 2. The number of aromatic nitrogens is 4. The summed E-state index contributed by atoms with van der Waals surface area (Å²) in [6.07, 6.45) is 1.70. The number of halogens is 1. The molecule has 5 heteroatoms. The maximum Gasteiger partial charge on any atom is 0.0625 e. The highest BCUT2D eigenvalue weighted by Crippen LogP contribution is 2.42. The van der Waals surface area contributed by atoms with E-state index in [1.165, 1.54) is 0 Å². The second kappa shape index (κ2) is 9.56. The molecule has 0 aliphatic carbocycles. The Kier molecular flexibility index (Phi) is 6.05. The summed E-state index contributed by atoms with van der Waals surface area (Å²) >= 11 is 3.97. The van der Waals surface area contributed by atoms with Gasteiger partial charge < -0.3 is 9.97 Å². The molecule has 2 N–H and O–H groups in total. The predicted octanol–water partition coefficient (Wildman–Crippen LogP) is 9.45. The summed E-state index contributed by atoms with van der Waals surface area (Å²) in [6.45, 7) is 9.17. The van der Waals surface area contributed by atoms with Crippen LogP contribution in [0.1, 0.15) is 50.5 Å². The Labute approximate surface area is 249 Å². The fourth-order valence-corrected chi connectivity index (χ4v) is 6.85. The van der Waals surface area contributed by atoms with Crippen molar-refractivity contribution in [2.75, 3.05) is 0 Å². The summed E-state index contributed by atoms with van der Waals surface area (Å²) in [4.78, 5) is 18.1. The van der Waals surface area contributed by atoms with Gasteiger partial charge in [0.15, 0.2) is 0 Å². The summed E-state index contributed by atoms with van der Waals surface area (Å²) in [5.74, 6) is 0. The second-order valence-electron chi connectivity index (χ2n) is 12.5. The molecule has 204 valence electrons. The van der Waals surface area contributed by atoms with E-state index >= 15 is 0 Å². The van der Waals surface area contributed by atoms with Crippen molar-refractivity contribution < 1.29 is 0 Å². The molecule has 0 spiro atoms. The van der Waals surface area contributed by atoms with Crippen LogP contribution in [0.3, 0.4) is 0 Å². The first kappa shape index (κ1) is 26.0. The molecule has 5 heterocycles. The number of hydrogen-bond donors (Lipinski definition) is 2. The average molecular weight is 602 g/mol. The van der Waals surface area contributed by atoms with Gasteiger partial charge in [0.1, 0.15) is 0 Å². The number of rotatable bonds is 2. The van der Waals surface area contributed by atoms with E-state index in [1.54, 1.807) is 0 Å². The van der Waals surface area contributed by atoms with Crippen LogP contribution in [0, 0.1) is 0 Å². The zero-order valence-electron chi connectivity index (χ0n) is 23.8. The highest BCUT2D eigenvalue weighted by Gasteiger charge is 2.34. The SMILES string of the molecule is CC1(C)Cc2nc1c(-c1ccccc1)c1ccc(cc3nc(c(-c4ccccc4)c4ccc([nH]4)c2Br)C(C)(C)C3)[nH]1. The van der Waals surface area contributed by atoms with Gasteiger partial charge in [0.25, 0.3) is 0 Å². The number of aromatic amines is 2. The largest absolute Gasteiger partial charge is 0.355 e. The van der Waals surface area contributed by atoms with E-state index < -0.39 is 0 Å². The lowest BCUT2D eigenvalue weighted by Crippen LogP contribution is -2.16. The van der Waals surface area contributed by atoms with E-state index in [-0.39, 0.29) is 10.8 Å². The van der Waals surface area contributed by atoms with E-state index in [4.69, 9.17) is 9.97 Å². The molecule has 0 saturated carbocycles. The molecule has 41 heavy (non-hydrogen) atoms. The molecular weight excluding hydrogens is 568 g/mol. The van der Waals surface area contributed by atoms with E-state index in [0.29, 0.717) is 0 Å². The average Bonchev–Trinajstić information content (AvgIpc) is 3.73. The highest BCUT2D eigenvalue weighted by molar-refractivity contribution is 9.10. The van der Waals surface area contributed by atoms with Gasteiger partial charge in [0.2, 0.25) is 0 Å². The zero-order valence-corrected chi connectivity index (χ0v) is 25.4. The monoisotopic (exact) mass is 600 g/mol. The van der Waals surface area contributed by atoms with Crippen molar-refractivity contribution in [2.45, 2.75) is 51.4 Å². The highest BCUT2D eigenvalue weighted by atomic mass is 79.9. The topological polar surface area (TPSA) is 57.4 Å². The van der Waals surface area contributed by atoms with Crippen molar-refractivity contribution in [1.29, 1.82) is 0 Å². The lowest BCUT2D eigenvalue weighted by atomic mass is 9.83. The quantitative estimate of drug-likeness (QED) is 0.212. The van der Waals surface area contributed by atoms with Crippen LogP contribution in [-0.2, 0) is 23.7 Å². The van der Waals surface area contributed by atoms with Crippen LogP contribution >= 0.6 is 15.9 Å². The molecule has 3 aromatic heterocycles. The van der Waals surface area contributed by atoms with Crippen LogP contribution in [-0.4, -0.2) is 19.9 Å². The van der Waals surface area contributed by atoms with Gasteiger partial charge in [0, 0.05) is 57.0 Å². The van der Waals surface area contributed by atoms with Crippen molar-refractivity contribution >= 4 is 38.0 Å². The number of hydrogen-bond acceptors (Lipinski definition) is 2. The maximum atomic E-state index is 5.34. The molecule has 0 saturated heterocycles. The lowest BCUT2D eigenvalue weighted by molar-refractivity contribution is 0.544. The zero-order chi connectivity index (χ0) is 28.4. The lowest BCUT2D eigenvalue weighted by Gasteiger charge is -2.20. The van der Waals surface area contributed by atoms with Crippen LogP contribution < -0.4 is 0 Å². The minimum Gasteiger partial charge on any atom is -0.355 e. The molecule has 2 aliphatic rings. The summed E-state index contributed by atoms with van der Waals surface area (Å²) in [7, 11) is 0. The molecule has 5 aromatic rings. The smallest absolute Gasteiger partial charge is 0.0625 e. The maximum absolute atomic E-state index is 5.34. The van der Waals surface area contributed by atoms with E-state index in [1.807, 2.05) is 0 Å². The van der Waals surface area contributed by atoms with Gasteiger partial charge in [-0.15, -0.1) is 0 Å². The molecule has 2 aromatic carbocycles. The van der Waals surface area contributed by atoms with E-state index in [0.717, 1.165) is 84.4 Å². The number of nitrogens with zero attached hydrogens (tertiary/aromatic N) is 2. The third kappa shape index (κ3) is 4.53. The second-order valence-corrected chi connectivity index (χ2v) is 13.3. The number of benzene rings is 2. The molecule has 0 amide bonds. The summed E-state index contributed by atoms with van der Waals surface area (Å²) in [5.41, 5.74) is 12.8. The van der Waals surface area contributed by atoms with Gasteiger partial charge in [-0.1, -0.05) is 88.4 Å². The Morgan fingerprint density at radius 1 is 0.610 bits per heavy atom. The molecular formula is C36H33BrN4. The predicted molar refractivity (Wildman–Crippen MR) is 173 cm³/mol. The molecule has 0 unspecified atom stereocenters. The molecule has 0 radical (unpaired) electrons. The number of fused-ring (bicyclic) bond motifs is 8. The van der Waals surface area contributed by atoms with Gasteiger partial charge in [0.05, 0.1) is 27.1 Å². The molecule has 8 bridgehead atoms. The van der Waals surface area contributed by atoms with Crippen molar-refractivity contribution in [3.8, 4) is 22.3 Å². The van der Waals surface area contributed by atoms with Crippen molar-refractivity contribution in [2.24, 2.45) is 0 Å². The van der Waals surface area contributed by atoms with Crippen LogP contribution in [0.5, 0.6) is 0 Å². The van der Waals surface area contributed by atoms with Crippen molar-refractivity contribution in [1.82, 2.24) is 19.9 Å². The van der Waals surface area contributed by atoms with E-state index in [2.05, 4.69) is 145 Å². The summed E-state index contributed by atoms with van der Waals surface area (Å²) in [6, 6.07) is 32.1. The standard InChI is InChI=1S/C36H33BrN4/c1-35(2)20-25-19-24-15-16-26(38-24)30(22-11-7-5-8-12-22)34-36(3,4)21-29(41-34)32(37)28-18-17-27(40-28)31(33(35)39-25)23-13-9-6-10-14-23/h5-19,38,40H,20-21H2,1-4H3. The van der Waals surface area contributed by atoms with Gasteiger partial charge in [-0.25, -0.2) is 0 Å². The Hall–Kier alpha value is -3.96. The van der Waals surface area contributed by atoms with Crippen LogP contribution in [0.25, 0.3) is 44.3 Å². The third-order valence-electron chi connectivity index (χ3n) is 8.36. The minimum atomic E-state index is -0.151. The Balaban J connectivity index is 1.65. The summed E-state index contributed by atoms with van der Waals surface area (Å²) in [5, 5.41) is 0. The fourth-order valence-electron chi connectivity index (χ4n) is 6.39. The van der Waals surface area contributed by atoms with E-state index in [9.17, 15) is 0 Å². The van der Waals surface area contributed by atoms with Gasteiger partial charge in [-0.3, -0.25) is 9.97 Å². The molecule has 7 rings (SSSR count). The van der Waals surface area contributed by atoms with Gasteiger partial charge >= 0.3 is 0 Å². The molecule has 2 aliphatic heterocycles. The Morgan fingerprint density at radius 2 is 1.15 bits per heavy atom. The van der Waals surface area contributed by atoms with Gasteiger partial charge in [-0.05, 0) is 57.4 Å². The Bertz CT molecular complexity index is 1910. The normalized spacial score (nSPS) is 15.6. The first-order chi connectivity index (χ1) is 19.7. The molecule has 0 fully saturated rings. The van der Waals surface area contributed by atoms with Crippen molar-refractivity contribution in [3.05, 3.63) is 118 Å².